The molecule has 1 unspecified atom stereocenters. The largest absolute Gasteiger partial charge is 0.494 e. The maximum atomic E-state index is 12.3. The number of primary amides is 1. The molecule has 0 saturated heterocycles. The molecule has 1 heterocycles. The summed E-state index contributed by atoms with van der Waals surface area (Å²) in [5.74, 6) is 1.54. The van der Waals surface area contributed by atoms with E-state index in [2.05, 4.69) is 10.2 Å². The standard InChI is InChI=1S/C25H23ClN4O3S/c1-2-32-20-12-14-21(15-13-20)33-16-22-28-29-25(30(22)19-10-8-18(26)9-11-19)34-23(24(27)31)17-6-4-3-5-7-17/h3-15,23H,2,16H2,1H3,(H2,27,31). The van der Waals surface area contributed by atoms with Gasteiger partial charge in [-0.05, 0) is 61.0 Å². The molecule has 174 valence electrons. The number of ether oxygens (including phenoxy) is 2. The van der Waals surface area contributed by atoms with Crippen molar-refractivity contribution < 1.29 is 14.3 Å². The van der Waals surface area contributed by atoms with Crippen LogP contribution in [0.3, 0.4) is 0 Å². The molecule has 9 heteroatoms. The minimum absolute atomic E-state index is 0.163. The molecule has 4 aromatic rings. The second-order valence-electron chi connectivity index (χ2n) is 7.21. The summed E-state index contributed by atoms with van der Waals surface area (Å²) in [5.41, 5.74) is 7.31. The zero-order chi connectivity index (χ0) is 23.9. The average molecular weight is 495 g/mol. The van der Waals surface area contributed by atoms with Gasteiger partial charge in [0.2, 0.25) is 5.91 Å². The van der Waals surface area contributed by atoms with Crippen LogP contribution in [0.5, 0.6) is 11.5 Å². The predicted molar refractivity (Wildman–Crippen MR) is 133 cm³/mol. The lowest BCUT2D eigenvalue weighted by Gasteiger charge is -2.15. The van der Waals surface area contributed by atoms with E-state index in [9.17, 15) is 4.79 Å². The summed E-state index contributed by atoms with van der Waals surface area (Å²) in [5, 5.41) is 9.18. The minimum Gasteiger partial charge on any atom is -0.494 e. The summed E-state index contributed by atoms with van der Waals surface area (Å²) in [6, 6.07) is 24.0. The number of hydrogen-bond acceptors (Lipinski definition) is 6. The van der Waals surface area contributed by atoms with Crippen molar-refractivity contribution in [3.05, 3.63) is 95.3 Å². The third-order valence-electron chi connectivity index (χ3n) is 4.87. The number of rotatable bonds is 10. The van der Waals surface area contributed by atoms with Crippen molar-refractivity contribution in [2.24, 2.45) is 5.73 Å². The van der Waals surface area contributed by atoms with Gasteiger partial charge in [-0.2, -0.15) is 0 Å². The van der Waals surface area contributed by atoms with E-state index in [4.69, 9.17) is 26.8 Å². The van der Waals surface area contributed by atoms with E-state index >= 15 is 0 Å². The van der Waals surface area contributed by atoms with E-state index in [0.29, 0.717) is 28.4 Å². The van der Waals surface area contributed by atoms with E-state index in [1.165, 1.54) is 11.8 Å². The lowest BCUT2D eigenvalue weighted by molar-refractivity contribution is -0.117. The van der Waals surface area contributed by atoms with Gasteiger partial charge in [-0.3, -0.25) is 9.36 Å². The summed E-state index contributed by atoms with van der Waals surface area (Å²) in [6.07, 6.45) is 0. The van der Waals surface area contributed by atoms with Crippen molar-refractivity contribution in [1.82, 2.24) is 14.8 Å². The molecule has 1 aromatic heterocycles. The predicted octanol–water partition coefficient (Wildman–Crippen LogP) is 5.22. The summed E-state index contributed by atoms with van der Waals surface area (Å²) in [7, 11) is 0. The Kier molecular flexibility index (Phi) is 7.72. The van der Waals surface area contributed by atoms with Crippen LogP contribution in [0.15, 0.2) is 84.0 Å². The van der Waals surface area contributed by atoms with Gasteiger partial charge in [-0.25, -0.2) is 0 Å². The van der Waals surface area contributed by atoms with Crippen molar-refractivity contribution in [1.29, 1.82) is 0 Å². The number of nitrogens with two attached hydrogens (primary N) is 1. The fourth-order valence-electron chi connectivity index (χ4n) is 3.29. The van der Waals surface area contributed by atoms with Gasteiger partial charge in [0, 0.05) is 10.7 Å². The van der Waals surface area contributed by atoms with Gasteiger partial charge in [0.05, 0.1) is 6.61 Å². The first-order valence-corrected chi connectivity index (χ1v) is 11.9. The summed E-state index contributed by atoms with van der Waals surface area (Å²) < 4.78 is 13.3. The molecule has 0 bridgehead atoms. The monoisotopic (exact) mass is 494 g/mol. The highest BCUT2D eigenvalue weighted by atomic mass is 35.5. The highest BCUT2D eigenvalue weighted by Gasteiger charge is 2.24. The molecular formula is C25H23ClN4O3S. The van der Waals surface area contributed by atoms with Crippen LogP contribution in [-0.4, -0.2) is 27.3 Å². The number of aromatic nitrogens is 3. The van der Waals surface area contributed by atoms with Gasteiger partial charge in [-0.1, -0.05) is 53.7 Å². The Labute approximate surface area is 206 Å². The fraction of sp³-hybridized carbons (Fsp3) is 0.160. The Morgan fingerprint density at radius 2 is 1.62 bits per heavy atom. The van der Waals surface area contributed by atoms with Crippen LogP contribution < -0.4 is 15.2 Å². The summed E-state index contributed by atoms with van der Waals surface area (Å²) in [4.78, 5) is 12.3. The zero-order valence-corrected chi connectivity index (χ0v) is 20.0. The van der Waals surface area contributed by atoms with E-state index in [0.717, 1.165) is 17.0 Å². The van der Waals surface area contributed by atoms with Gasteiger partial charge < -0.3 is 15.2 Å². The highest BCUT2D eigenvalue weighted by molar-refractivity contribution is 8.00. The number of carbonyl (C=O) groups is 1. The van der Waals surface area contributed by atoms with Gasteiger partial charge in [0.25, 0.3) is 0 Å². The molecule has 0 aliphatic carbocycles. The summed E-state index contributed by atoms with van der Waals surface area (Å²) >= 11 is 7.33. The zero-order valence-electron chi connectivity index (χ0n) is 18.4. The third kappa shape index (κ3) is 5.70. The topological polar surface area (TPSA) is 92.3 Å². The van der Waals surface area contributed by atoms with Gasteiger partial charge in [0.15, 0.2) is 11.0 Å². The van der Waals surface area contributed by atoms with Crippen LogP contribution in [0.1, 0.15) is 23.6 Å². The fourth-order valence-corrected chi connectivity index (χ4v) is 4.44. The van der Waals surface area contributed by atoms with Gasteiger partial charge >= 0.3 is 0 Å². The number of thioether (sulfide) groups is 1. The molecule has 1 atom stereocenters. The van der Waals surface area contributed by atoms with Crippen molar-refractivity contribution in [3.8, 4) is 17.2 Å². The van der Waals surface area contributed by atoms with Crippen molar-refractivity contribution in [2.75, 3.05) is 6.61 Å². The molecule has 0 aliphatic rings. The molecule has 0 fully saturated rings. The van der Waals surface area contributed by atoms with Gasteiger partial charge in [0.1, 0.15) is 23.4 Å². The maximum absolute atomic E-state index is 12.3. The first kappa shape index (κ1) is 23.7. The van der Waals surface area contributed by atoms with Crippen molar-refractivity contribution in [2.45, 2.75) is 23.9 Å². The Hall–Kier alpha value is -3.49. The number of nitrogens with zero attached hydrogens (tertiary/aromatic N) is 3. The van der Waals surface area contributed by atoms with E-state index in [1.807, 2.05) is 78.2 Å². The minimum atomic E-state index is -0.628. The molecule has 2 N–H and O–H groups in total. The third-order valence-corrected chi connectivity index (χ3v) is 6.34. The Balaban J connectivity index is 1.63. The molecule has 0 spiro atoms. The smallest absolute Gasteiger partial charge is 0.235 e. The van der Waals surface area contributed by atoms with Crippen molar-refractivity contribution in [3.63, 3.8) is 0 Å². The average Bonchev–Trinajstić information content (AvgIpc) is 3.25. The molecule has 0 saturated carbocycles. The number of hydrogen-bond donors (Lipinski definition) is 1. The number of halogens is 1. The Bertz CT molecular complexity index is 1230. The van der Waals surface area contributed by atoms with Crippen molar-refractivity contribution >= 4 is 29.3 Å². The number of carbonyl (C=O) groups excluding carboxylic acids is 1. The molecule has 3 aromatic carbocycles. The maximum Gasteiger partial charge on any atom is 0.235 e. The second-order valence-corrected chi connectivity index (χ2v) is 8.72. The van der Waals surface area contributed by atoms with Crippen LogP contribution >= 0.6 is 23.4 Å². The molecule has 4 rings (SSSR count). The number of amides is 1. The van der Waals surface area contributed by atoms with Crippen LogP contribution in [0.4, 0.5) is 0 Å². The first-order chi connectivity index (χ1) is 16.5. The molecular weight excluding hydrogens is 472 g/mol. The first-order valence-electron chi connectivity index (χ1n) is 10.6. The molecule has 34 heavy (non-hydrogen) atoms. The van der Waals surface area contributed by atoms with Crippen LogP contribution in [0, 0.1) is 0 Å². The molecule has 7 nitrogen and oxygen atoms in total. The van der Waals surface area contributed by atoms with Crippen LogP contribution in [-0.2, 0) is 11.4 Å². The lowest BCUT2D eigenvalue weighted by Crippen LogP contribution is -2.19. The van der Waals surface area contributed by atoms with Crippen LogP contribution in [0.25, 0.3) is 5.69 Å². The van der Waals surface area contributed by atoms with E-state index in [1.54, 1.807) is 12.1 Å². The Morgan fingerprint density at radius 1 is 0.971 bits per heavy atom. The number of benzene rings is 3. The molecule has 0 aliphatic heterocycles. The summed E-state index contributed by atoms with van der Waals surface area (Å²) in [6.45, 7) is 2.70. The molecule has 1 amide bonds. The van der Waals surface area contributed by atoms with Crippen LogP contribution in [0.2, 0.25) is 5.02 Å². The lowest BCUT2D eigenvalue weighted by atomic mass is 10.1. The normalized spacial score (nSPS) is 11.7. The quantitative estimate of drug-likeness (QED) is 0.304. The highest BCUT2D eigenvalue weighted by Crippen LogP contribution is 2.36. The second kappa shape index (κ2) is 11.1. The SMILES string of the molecule is CCOc1ccc(OCc2nnc(SC(C(N)=O)c3ccccc3)n2-c2ccc(Cl)cc2)cc1. The molecule has 0 radical (unpaired) electrons. The Morgan fingerprint density at radius 3 is 2.24 bits per heavy atom. The van der Waals surface area contributed by atoms with E-state index in [-0.39, 0.29) is 6.61 Å². The van der Waals surface area contributed by atoms with Gasteiger partial charge in [-0.15, -0.1) is 10.2 Å². The van der Waals surface area contributed by atoms with E-state index < -0.39 is 11.2 Å².